The third-order valence-electron chi connectivity index (χ3n) is 5.84. The number of unbranched alkanes of at least 4 members (excludes halogenated alkanes) is 9. The van der Waals surface area contributed by atoms with Crippen molar-refractivity contribution < 1.29 is 24.1 Å². The van der Waals surface area contributed by atoms with Crippen LogP contribution in [0.2, 0.25) is 0 Å². The highest BCUT2D eigenvalue weighted by Crippen LogP contribution is 2.31. The van der Waals surface area contributed by atoms with E-state index in [-0.39, 0.29) is 12.0 Å². The highest BCUT2D eigenvalue weighted by Gasteiger charge is 2.30. The van der Waals surface area contributed by atoms with Gasteiger partial charge in [0, 0.05) is 25.2 Å². The van der Waals surface area contributed by atoms with Crippen molar-refractivity contribution in [1.29, 1.82) is 0 Å². The third kappa shape index (κ3) is 15.3. The highest BCUT2D eigenvalue weighted by molar-refractivity contribution is 4.79. The number of ether oxygens (including phenoxy) is 4. The van der Waals surface area contributed by atoms with Gasteiger partial charge in [0.05, 0.1) is 39.6 Å². The molecule has 0 aromatic rings. The van der Waals surface area contributed by atoms with Gasteiger partial charge in [-0.3, -0.25) is 0 Å². The van der Waals surface area contributed by atoms with Crippen LogP contribution < -0.4 is 0 Å². The van der Waals surface area contributed by atoms with Gasteiger partial charge in [-0.1, -0.05) is 71.1 Å². The molecule has 29 heavy (non-hydrogen) atoms. The van der Waals surface area contributed by atoms with Crippen LogP contribution in [0.1, 0.15) is 90.4 Å². The average Bonchev–Trinajstić information content (AvgIpc) is 2.72. The van der Waals surface area contributed by atoms with Crippen molar-refractivity contribution in [2.24, 2.45) is 5.41 Å². The molecular weight excluding hydrogens is 368 g/mol. The Morgan fingerprint density at radius 3 is 1.59 bits per heavy atom. The summed E-state index contributed by atoms with van der Waals surface area (Å²) in [5, 5.41) is 9.66. The van der Waals surface area contributed by atoms with Gasteiger partial charge in [0.2, 0.25) is 0 Å². The molecule has 0 bridgehead atoms. The van der Waals surface area contributed by atoms with Crippen LogP contribution in [-0.2, 0) is 18.9 Å². The number of rotatable bonds is 13. The summed E-state index contributed by atoms with van der Waals surface area (Å²) in [4.78, 5) is 0. The zero-order chi connectivity index (χ0) is 20.9. The van der Waals surface area contributed by atoms with Gasteiger partial charge in [0.1, 0.15) is 0 Å². The minimum atomic E-state index is -0.0982. The molecule has 1 saturated heterocycles. The average molecular weight is 417 g/mol. The Morgan fingerprint density at radius 1 is 0.586 bits per heavy atom. The molecule has 174 valence electrons. The summed E-state index contributed by atoms with van der Waals surface area (Å²) in [6.07, 6.45) is 16.0. The summed E-state index contributed by atoms with van der Waals surface area (Å²) in [5.41, 5.74) is -0.0982. The Labute approximate surface area is 179 Å². The molecule has 1 aliphatic rings. The molecule has 0 aromatic heterocycles. The highest BCUT2D eigenvalue weighted by atomic mass is 16.5. The van der Waals surface area contributed by atoms with Gasteiger partial charge in [0.25, 0.3) is 0 Å². The molecule has 0 saturated carbocycles. The molecule has 1 N–H and O–H groups in total. The van der Waals surface area contributed by atoms with Gasteiger partial charge in [-0.05, 0) is 19.3 Å². The Bertz CT molecular complexity index is 323. The molecule has 0 amide bonds. The summed E-state index contributed by atoms with van der Waals surface area (Å²) < 4.78 is 23.1. The Kier molecular flexibility index (Phi) is 18.3. The van der Waals surface area contributed by atoms with Crippen LogP contribution in [0.15, 0.2) is 0 Å². The summed E-state index contributed by atoms with van der Waals surface area (Å²) in [6, 6.07) is 0. The molecular formula is C24H48O5. The maximum absolute atomic E-state index is 9.66. The van der Waals surface area contributed by atoms with Gasteiger partial charge in [-0.15, -0.1) is 0 Å². The predicted molar refractivity (Wildman–Crippen MR) is 118 cm³/mol. The van der Waals surface area contributed by atoms with Gasteiger partial charge in [-0.25, -0.2) is 0 Å². The fourth-order valence-corrected chi connectivity index (χ4v) is 3.96. The quantitative estimate of drug-likeness (QED) is 0.422. The van der Waals surface area contributed by atoms with E-state index in [1.807, 2.05) is 0 Å². The Balaban J connectivity index is 2.30. The molecule has 0 radical (unpaired) electrons. The maximum atomic E-state index is 9.66. The lowest BCUT2D eigenvalue weighted by Crippen LogP contribution is -2.35. The predicted octanol–water partition coefficient (Wildman–Crippen LogP) is 5.14. The molecule has 1 heterocycles. The molecule has 5 nitrogen and oxygen atoms in total. The van der Waals surface area contributed by atoms with Crippen LogP contribution in [0.3, 0.4) is 0 Å². The van der Waals surface area contributed by atoms with E-state index in [4.69, 9.17) is 18.9 Å². The van der Waals surface area contributed by atoms with Gasteiger partial charge < -0.3 is 24.1 Å². The number of aliphatic hydroxyl groups excluding tert-OH is 1. The molecule has 0 aliphatic carbocycles. The van der Waals surface area contributed by atoms with Gasteiger partial charge in [0.15, 0.2) is 0 Å². The first kappa shape index (κ1) is 26.8. The summed E-state index contributed by atoms with van der Waals surface area (Å²) in [6.45, 7) is 7.59. The molecule has 0 unspecified atom stereocenters. The van der Waals surface area contributed by atoms with E-state index in [0.29, 0.717) is 52.9 Å². The largest absolute Gasteiger partial charge is 0.396 e. The van der Waals surface area contributed by atoms with Crippen LogP contribution in [0, 0.1) is 5.41 Å². The SMILES string of the molecule is CCCCCCCCCCCCC1(CCO)COCCOCCCOCCOC1. The van der Waals surface area contributed by atoms with Crippen molar-refractivity contribution >= 4 is 0 Å². The zero-order valence-corrected chi connectivity index (χ0v) is 19.1. The van der Waals surface area contributed by atoms with E-state index in [2.05, 4.69) is 6.92 Å². The van der Waals surface area contributed by atoms with E-state index in [0.717, 1.165) is 19.3 Å². The van der Waals surface area contributed by atoms with E-state index >= 15 is 0 Å². The Morgan fingerprint density at radius 2 is 1.07 bits per heavy atom. The monoisotopic (exact) mass is 416 g/mol. The summed E-state index contributed by atoms with van der Waals surface area (Å²) >= 11 is 0. The second kappa shape index (κ2) is 19.7. The van der Waals surface area contributed by atoms with Crippen LogP contribution in [0.5, 0.6) is 0 Å². The van der Waals surface area contributed by atoms with Crippen molar-refractivity contribution in [3.8, 4) is 0 Å². The standard InChI is InChI=1S/C24H48O5/c1-2-3-4-5-6-7-8-9-10-11-13-24(14-15-25)22-28-20-18-26-16-12-17-27-19-21-29-23-24/h25H,2-23H2,1H3. The van der Waals surface area contributed by atoms with Crippen molar-refractivity contribution in [1.82, 2.24) is 0 Å². The molecule has 0 atom stereocenters. The van der Waals surface area contributed by atoms with Crippen molar-refractivity contribution in [3.05, 3.63) is 0 Å². The first-order valence-electron chi connectivity index (χ1n) is 12.2. The van der Waals surface area contributed by atoms with E-state index < -0.39 is 0 Å². The fraction of sp³-hybridized carbons (Fsp3) is 1.00. The normalized spacial score (nSPS) is 19.7. The molecule has 0 aromatic carbocycles. The lowest BCUT2D eigenvalue weighted by molar-refractivity contribution is -0.0661. The molecule has 1 rings (SSSR count). The lowest BCUT2D eigenvalue weighted by atomic mass is 9.81. The number of hydrogen-bond donors (Lipinski definition) is 1. The van der Waals surface area contributed by atoms with E-state index in [1.54, 1.807) is 0 Å². The maximum Gasteiger partial charge on any atom is 0.0700 e. The lowest BCUT2D eigenvalue weighted by Gasteiger charge is -2.33. The van der Waals surface area contributed by atoms with Gasteiger partial charge >= 0.3 is 0 Å². The number of aliphatic hydroxyl groups is 1. The van der Waals surface area contributed by atoms with Gasteiger partial charge in [-0.2, -0.15) is 0 Å². The first-order chi connectivity index (χ1) is 14.3. The molecule has 0 spiro atoms. The minimum absolute atomic E-state index is 0.0982. The van der Waals surface area contributed by atoms with Crippen molar-refractivity contribution in [3.63, 3.8) is 0 Å². The summed E-state index contributed by atoms with van der Waals surface area (Å²) in [5.74, 6) is 0. The first-order valence-corrected chi connectivity index (χ1v) is 12.2. The van der Waals surface area contributed by atoms with E-state index in [9.17, 15) is 5.11 Å². The second-order valence-electron chi connectivity index (χ2n) is 8.59. The second-order valence-corrected chi connectivity index (χ2v) is 8.59. The van der Waals surface area contributed by atoms with Crippen LogP contribution in [-0.4, -0.2) is 64.6 Å². The van der Waals surface area contributed by atoms with Crippen LogP contribution in [0.4, 0.5) is 0 Å². The summed E-state index contributed by atoms with van der Waals surface area (Å²) in [7, 11) is 0. The van der Waals surface area contributed by atoms with Crippen molar-refractivity contribution in [2.75, 3.05) is 59.5 Å². The molecule has 1 aliphatic heterocycles. The molecule has 5 heteroatoms. The zero-order valence-electron chi connectivity index (χ0n) is 19.1. The van der Waals surface area contributed by atoms with E-state index in [1.165, 1.54) is 64.2 Å². The third-order valence-corrected chi connectivity index (χ3v) is 5.84. The molecule has 1 fully saturated rings. The number of hydrogen-bond acceptors (Lipinski definition) is 5. The van der Waals surface area contributed by atoms with Crippen LogP contribution >= 0.6 is 0 Å². The fourth-order valence-electron chi connectivity index (χ4n) is 3.96. The Hall–Kier alpha value is -0.200. The topological polar surface area (TPSA) is 57.2 Å². The minimum Gasteiger partial charge on any atom is -0.396 e. The van der Waals surface area contributed by atoms with Crippen molar-refractivity contribution in [2.45, 2.75) is 90.4 Å². The van der Waals surface area contributed by atoms with Crippen LogP contribution in [0.25, 0.3) is 0 Å². The smallest absolute Gasteiger partial charge is 0.0700 e.